The quantitative estimate of drug-likeness (QED) is 0.782. The van der Waals surface area contributed by atoms with Gasteiger partial charge in [0.2, 0.25) is 0 Å². The molecule has 0 saturated heterocycles. The molecule has 3 heteroatoms. The molecule has 2 rings (SSSR count). The van der Waals surface area contributed by atoms with Crippen molar-refractivity contribution >= 4 is 0 Å². The summed E-state index contributed by atoms with van der Waals surface area (Å²) < 4.78 is 11.2. The molecule has 0 fully saturated rings. The first-order valence-corrected chi connectivity index (χ1v) is 8.66. The minimum absolute atomic E-state index is 0.303. The van der Waals surface area contributed by atoms with Gasteiger partial charge in [-0.15, -0.1) is 0 Å². The predicted molar refractivity (Wildman–Crippen MR) is 100 cm³/mol. The lowest BCUT2D eigenvalue weighted by Gasteiger charge is -2.19. The summed E-state index contributed by atoms with van der Waals surface area (Å²) in [6, 6.07) is 12.8. The lowest BCUT2D eigenvalue weighted by Crippen LogP contribution is -2.16. The van der Waals surface area contributed by atoms with Crippen LogP contribution in [0.25, 0.3) is 0 Å². The highest BCUT2D eigenvalue weighted by atomic mass is 16.5. The lowest BCUT2D eigenvalue weighted by molar-refractivity contribution is 0.294. The molecule has 0 bridgehead atoms. The average Bonchev–Trinajstić information content (AvgIpc) is 2.60. The van der Waals surface area contributed by atoms with Crippen molar-refractivity contribution in [3.8, 4) is 11.5 Å². The normalized spacial score (nSPS) is 12.0. The van der Waals surface area contributed by atoms with E-state index < -0.39 is 0 Å². The number of aryl methyl sites for hydroxylation is 2. The van der Waals surface area contributed by atoms with Crippen LogP contribution in [-0.4, -0.2) is 20.3 Å². The number of hydrogen-bond donors (Lipinski definition) is 1. The zero-order chi connectivity index (χ0) is 17.5. The van der Waals surface area contributed by atoms with Gasteiger partial charge in [0.15, 0.2) is 11.5 Å². The fourth-order valence-corrected chi connectivity index (χ4v) is 2.98. The van der Waals surface area contributed by atoms with Gasteiger partial charge in [-0.3, -0.25) is 0 Å². The Kier molecular flexibility index (Phi) is 6.68. The average molecular weight is 327 g/mol. The van der Waals surface area contributed by atoms with Gasteiger partial charge in [-0.1, -0.05) is 36.8 Å². The number of benzene rings is 2. The van der Waals surface area contributed by atoms with Crippen molar-refractivity contribution in [2.45, 2.75) is 39.5 Å². The van der Waals surface area contributed by atoms with E-state index in [2.05, 4.69) is 51.1 Å². The summed E-state index contributed by atoms with van der Waals surface area (Å²) in [7, 11) is 1.67. The summed E-state index contributed by atoms with van der Waals surface area (Å²) in [5.41, 5.74) is 11.2. The van der Waals surface area contributed by atoms with Crippen LogP contribution < -0.4 is 15.2 Å². The molecule has 2 N–H and O–H groups in total. The van der Waals surface area contributed by atoms with Crippen molar-refractivity contribution in [3.05, 3.63) is 58.7 Å². The van der Waals surface area contributed by atoms with E-state index in [9.17, 15) is 0 Å². The highest BCUT2D eigenvalue weighted by Crippen LogP contribution is 2.31. The molecule has 0 saturated carbocycles. The third-order valence-corrected chi connectivity index (χ3v) is 4.33. The Labute approximate surface area is 145 Å². The lowest BCUT2D eigenvalue weighted by atomic mass is 9.88. The maximum atomic E-state index is 6.09. The second-order valence-electron chi connectivity index (χ2n) is 6.33. The van der Waals surface area contributed by atoms with Crippen molar-refractivity contribution in [3.63, 3.8) is 0 Å². The van der Waals surface area contributed by atoms with Crippen LogP contribution in [-0.2, 0) is 6.42 Å². The Balaban J connectivity index is 2.25. The fraction of sp³-hybridized carbons (Fsp3) is 0.429. The molecule has 0 amide bonds. The second kappa shape index (κ2) is 8.74. The number of rotatable bonds is 8. The first-order valence-electron chi connectivity index (χ1n) is 8.66. The molecule has 0 aliphatic rings. The number of hydrogen-bond acceptors (Lipinski definition) is 3. The zero-order valence-corrected chi connectivity index (χ0v) is 15.3. The van der Waals surface area contributed by atoms with Gasteiger partial charge < -0.3 is 15.2 Å². The van der Waals surface area contributed by atoms with Gasteiger partial charge in [0.1, 0.15) is 0 Å². The summed E-state index contributed by atoms with van der Waals surface area (Å²) in [4.78, 5) is 0. The maximum absolute atomic E-state index is 6.09. The summed E-state index contributed by atoms with van der Waals surface area (Å²) in [6.45, 7) is 7.70. The molecule has 0 aliphatic heterocycles. The van der Waals surface area contributed by atoms with E-state index in [1.165, 1.54) is 22.3 Å². The van der Waals surface area contributed by atoms with Crippen molar-refractivity contribution in [2.75, 3.05) is 20.3 Å². The summed E-state index contributed by atoms with van der Waals surface area (Å²) in [5, 5.41) is 0. The molecule has 0 radical (unpaired) electrons. The minimum atomic E-state index is 0.303. The van der Waals surface area contributed by atoms with Crippen molar-refractivity contribution < 1.29 is 9.47 Å². The molecule has 0 spiro atoms. The van der Waals surface area contributed by atoms with Crippen LogP contribution in [0.3, 0.4) is 0 Å². The molecule has 2 aromatic rings. The Morgan fingerprint density at radius 3 is 2.50 bits per heavy atom. The molecule has 1 unspecified atom stereocenters. The molecular weight excluding hydrogens is 298 g/mol. The number of nitrogens with two attached hydrogens (primary N) is 1. The predicted octanol–water partition coefficient (Wildman–Crippen LogP) is 4.39. The summed E-state index contributed by atoms with van der Waals surface area (Å²) in [6.07, 6.45) is 1.87. The highest BCUT2D eigenvalue weighted by molar-refractivity contribution is 5.44. The highest BCUT2D eigenvalue weighted by Gasteiger charge is 2.15. The van der Waals surface area contributed by atoms with Gasteiger partial charge in [0.25, 0.3) is 0 Å². The van der Waals surface area contributed by atoms with Gasteiger partial charge in [0, 0.05) is 5.92 Å². The first-order chi connectivity index (χ1) is 11.6. The zero-order valence-electron chi connectivity index (χ0n) is 15.3. The smallest absolute Gasteiger partial charge is 0.161 e. The molecule has 0 aliphatic carbocycles. The second-order valence-corrected chi connectivity index (χ2v) is 6.33. The van der Waals surface area contributed by atoms with Crippen molar-refractivity contribution in [2.24, 2.45) is 5.73 Å². The number of methoxy groups -OCH3 is 1. The van der Waals surface area contributed by atoms with E-state index in [1.807, 2.05) is 6.07 Å². The van der Waals surface area contributed by atoms with Crippen molar-refractivity contribution in [1.29, 1.82) is 0 Å². The molecule has 130 valence electrons. The largest absolute Gasteiger partial charge is 0.493 e. The third-order valence-electron chi connectivity index (χ3n) is 4.33. The SMILES string of the molecule is CCCOc1cc(CC(CN)c2cc(C)ccc2C)ccc1OC. The van der Waals surface area contributed by atoms with Gasteiger partial charge >= 0.3 is 0 Å². The van der Waals surface area contributed by atoms with Crippen LogP contribution in [0.15, 0.2) is 36.4 Å². The third kappa shape index (κ3) is 4.51. The van der Waals surface area contributed by atoms with Crippen LogP contribution in [0.5, 0.6) is 11.5 Å². The summed E-state index contributed by atoms with van der Waals surface area (Å²) >= 11 is 0. The van der Waals surface area contributed by atoms with Crippen LogP contribution in [0.1, 0.15) is 41.5 Å². The van der Waals surface area contributed by atoms with E-state index in [1.54, 1.807) is 7.11 Å². The Hall–Kier alpha value is -2.00. The van der Waals surface area contributed by atoms with E-state index in [-0.39, 0.29) is 0 Å². The molecule has 0 aromatic heterocycles. The minimum Gasteiger partial charge on any atom is -0.493 e. The molecular formula is C21H29NO2. The molecule has 3 nitrogen and oxygen atoms in total. The van der Waals surface area contributed by atoms with Crippen LogP contribution >= 0.6 is 0 Å². The Bertz CT molecular complexity index is 667. The van der Waals surface area contributed by atoms with Gasteiger partial charge in [-0.2, -0.15) is 0 Å². The van der Waals surface area contributed by atoms with Gasteiger partial charge in [-0.05, 0) is 62.1 Å². The monoisotopic (exact) mass is 327 g/mol. The van der Waals surface area contributed by atoms with Crippen molar-refractivity contribution in [1.82, 2.24) is 0 Å². The van der Waals surface area contributed by atoms with E-state index in [0.29, 0.717) is 19.1 Å². The van der Waals surface area contributed by atoms with E-state index in [0.717, 1.165) is 24.3 Å². The Morgan fingerprint density at radius 1 is 1.04 bits per heavy atom. The van der Waals surface area contributed by atoms with Crippen LogP contribution in [0.2, 0.25) is 0 Å². The topological polar surface area (TPSA) is 44.5 Å². The maximum Gasteiger partial charge on any atom is 0.161 e. The first kappa shape index (κ1) is 18.3. The van der Waals surface area contributed by atoms with E-state index >= 15 is 0 Å². The van der Waals surface area contributed by atoms with Crippen LogP contribution in [0.4, 0.5) is 0 Å². The molecule has 0 heterocycles. The molecule has 24 heavy (non-hydrogen) atoms. The molecule has 2 aromatic carbocycles. The van der Waals surface area contributed by atoms with E-state index in [4.69, 9.17) is 15.2 Å². The standard InChI is InChI=1S/C21H29NO2/c1-5-10-24-21-13-17(8-9-20(21)23-4)12-18(14-22)19-11-15(2)6-7-16(19)3/h6-9,11,13,18H,5,10,12,14,22H2,1-4H3. The fourth-order valence-electron chi connectivity index (χ4n) is 2.98. The van der Waals surface area contributed by atoms with Gasteiger partial charge in [-0.25, -0.2) is 0 Å². The van der Waals surface area contributed by atoms with Crippen LogP contribution in [0, 0.1) is 13.8 Å². The number of ether oxygens (including phenoxy) is 2. The van der Waals surface area contributed by atoms with Gasteiger partial charge in [0.05, 0.1) is 13.7 Å². The summed E-state index contributed by atoms with van der Waals surface area (Å²) in [5.74, 6) is 1.90. The Morgan fingerprint density at radius 2 is 1.83 bits per heavy atom. The molecule has 1 atom stereocenters.